The van der Waals surface area contributed by atoms with Crippen LogP contribution in [0.1, 0.15) is 32.6 Å². The average Bonchev–Trinajstić information content (AvgIpc) is 3.26. The van der Waals surface area contributed by atoms with Crippen molar-refractivity contribution in [3.05, 3.63) is 106 Å². The van der Waals surface area contributed by atoms with Crippen LogP contribution in [0.15, 0.2) is 72.8 Å². The number of rotatable bonds is 5. The number of nitrogens with zero attached hydrogens (tertiary/aromatic N) is 3. The van der Waals surface area contributed by atoms with Crippen molar-refractivity contribution < 1.29 is 9.53 Å². The molecule has 3 aromatic carbocycles. The summed E-state index contributed by atoms with van der Waals surface area (Å²) >= 11 is 6.11. The minimum absolute atomic E-state index is 0.409. The number of para-hydroxylation sites is 3. The first-order valence-electron chi connectivity index (χ1n) is 11.0. The number of esters is 1. The van der Waals surface area contributed by atoms with Gasteiger partial charge in [0.2, 0.25) is 0 Å². The Labute approximate surface area is 207 Å². The Hall–Kier alpha value is -4.34. The highest BCUT2D eigenvalue weighted by Crippen LogP contribution is 2.35. The molecule has 0 radical (unpaired) electrons. The van der Waals surface area contributed by atoms with E-state index in [1.54, 1.807) is 12.1 Å². The number of aromatic nitrogens is 2. The number of imidazole rings is 1. The van der Waals surface area contributed by atoms with Gasteiger partial charge in [-0.2, -0.15) is 5.26 Å². The fourth-order valence-electron chi connectivity index (χ4n) is 4.35. The number of carbonyl (C=O) groups excluding carboxylic acids is 1. The van der Waals surface area contributed by atoms with E-state index in [4.69, 9.17) is 21.3 Å². The quantitative estimate of drug-likeness (QED) is 0.293. The third-order valence-corrected chi connectivity index (χ3v) is 6.36. The van der Waals surface area contributed by atoms with E-state index in [1.807, 2.05) is 72.0 Å². The van der Waals surface area contributed by atoms with Gasteiger partial charge in [0.15, 0.2) is 5.65 Å². The van der Waals surface area contributed by atoms with Crippen LogP contribution in [0.5, 0.6) is 0 Å². The normalized spacial score (nSPS) is 10.9. The molecule has 35 heavy (non-hydrogen) atoms. The van der Waals surface area contributed by atoms with Gasteiger partial charge in [-0.1, -0.05) is 48.0 Å². The number of pyridine rings is 1. The molecule has 0 amide bonds. The van der Waals surface area contributed by atoms with Crippen LogP contribution < -0.4 is 5.32 Å². The Bertz CT molecular complexity index is 1630. The average molecular weight is 481 g/mol. The predicted molar refractivity (Wildman–Crippen MR) is 137 cm³/mol. The molecule has 6 nitrogen and oxygen atoms in total. The number of methoxy groups -OCH3 is 1. The van der Waals surface area contributed by atoms with Gasteiger partial charge in [-0.3, -0.25) is 4.40 Å². The molecule has 0 saturated carbocycles. The summed E-state index contributed by atoms with van der Waals surface area (Å²) in [5.74, 6) is 0.293. The highest BCUT2D eigenvalue weighted by molar-refractivity contribution is 6.30. The number of carbonyl (C=O) groups is 1. The second-order valence-electron chi connectivity index (χ2n) is 8.16. The summed E-state index contributed by atoms with van der Waals surface area (Å²) in [6.07, 6.45) is 0.544. The van der Waals surface area contributed by atoms with Crippen LogP contribution in [0.2, 0.25) is 5.02 Å². The van der Waals surface area contributed by atoms with Crippen molar-refractivity contribution in [1.82, 2.24) is 9.38 Å². The van der Waals surface area contributed by atoms with Crippen molar-refractivity contribution in [2.24, 2.45) is 0 Å². The van der Waals surface area contributed by atoms with E-state index >= 15 is 0 Å². The van der Waals surface area contributed by atoms with Crippen LogP contribution in [0, 0.1) is 18.3 Å². The van der Waals surface area contributed by atoms with E-state index in [1.165, 1.54) is 7.11 Å². The van der Waals surface area contributed by atoms with Crippen molar-refractivity contribution in [3.8, 4) is 6.07 Å². The Morgan fingerprint density at radius 3 is 2.54 bits per heavy atom. The lowest BCUT2D eigenvalue weighted by Gasteiger charge is -2.20. The van der Waals surface area contributed by atoms with E-state index in [0.29, 0.717) is 33.9 Å². The van der Waals surface area contributed by atoms with Gasteiger partial charge in [0, 0.05) is 17.0 Å². The summed E-state index contributed by atoms with van der Waals surface area (Å²) in [5, 5.41) is 14.2. The van der Waals surface area contributed by atoms with Crippen molar-refractivity contribution in [2.45, 2.75) is 13.3 Å². The van der Waals surface area contributed by atoms with Crippen molar-refractivity contribution >= 4 is 45.8 Å². The molecular formula is C28H21ClN4O2. The van der Waals surface area contributed by atoms with E-state index in [9.17, 15) is 10.1 Å². The Morgan fingerprint density at radius 1 is 1.09 bits per heavy atom. The van der Waals surface area contributed by atoms with E-state index in [-0.39, 0.29) is 0 Å². The second-order valence-corrected chi connectivity index (χ2v) is 8.60. The first-order chi connectivity index (χ1) is 17.0. The molecular weight excluding hydrogens is 460 g/mol. The molecule has 0 bridgehead atoms. The van der Waals surface area contributed by atoms with Gasteiger partial charge < -0.3 is 10.1 Å². The summed E-state index contributed by atoms with van der Waals surface area (Å²) in [4.78, 5) is 17.3. The zero-order valence-electron chi connectivity index (χ0n) is 19.2. The highest BCUT2D eigenvalue weighted by Gasteiger charge is 2.22. The van der Waals surface area contributed by atoms with Gasteiger partial charge in [0.1, 0.15) is 11.9 Å². The van der Waals surface area contributed by atoms with E-state index in [2.05, 4.69) is 11.4 Å². The summed E-state index contributed by atoms with van der Waals surface area (Å²) in [7, 11) is 1.36. The van der Waals surface area contributed by atoms with Crippen LogP contribution in [-0.4, -0.2) is 22.5 Å². The van der Waals surface area contributed by atoms with Crippen LogP contribution in [0.25, 0.3) is 16.7 Å². The second kappa shape index (κ2) is 9.13. The molecule has 0 aliphatic carbocycles. The number of hydrogen-bond acceptors (Lipinski definition) is 5. The number of anilines is 2. The summed E-state index contributed by atoms with van der Waals surface area (Å²) in [6.45, 7) is 1.93. The van der Waals surface area contributed by atoms with Gasteiger partial charge in [-0.25, -0.2) is 9.78 Å². The Balaban J connectivity index is 1.83. The minimum Gasteiger partial charge on any atom is -0.465 e. The van der Waals surface area contributed by atoms with Crippen molar-refractivity contribution in [1.29, 1.82) is 5.26 Å². The number of halogens is 1. The predicted octanol–water partition coefficient (Wildman–Crippen LogP) is 6.44. The molecule has 7 heteroatoms. The lowest BCUT2D eigenvalue weighted by atomic mass is 9.97. The SMILES string of the molecule is COC(=O)c1ccccc1Nc1c(Cc2ccc(Cl)cc2)c(C)c(C#N)c2nc3ccccc3n12. The zero-order chi connectivity index (χ0) is 24.5. The Kier molecular flexibility index (Phi) is 5.86. The number of ether oxygens (including phenoxy) is 1. The van der Waals surface area contributed by atoms with E-state index < -0.39 is 5.97 Å². The topological polar surface area (TPSA) is 79.4 Å². The van der Waals surface area contributed by atoms with Crippen LogP contribution >= 0.6 is 11.6 Å². The molecule has 2 aromatic heterocycles. The molecule has 1 N–H and O–H groups in total. The summed E-state index contributed by atoms with van der Waals surface area (Å²) in [5.41, 5.74) is 6.48. The highest BCUT2D eigenvalue weighted by atomic mass is 35.5. The molecule has 2 heterocycles. The minimum atomic E-state index is -0.440. The molecule has 5 rings (SSSR count). The number of hydrogen-bond donors (Lipinski definition) is 1. The monoisotopic (exact) mass is 480 g/mol. The van der Waals surface area contributed by atoms with Gasteiger partial charge in [0.05, 0.1) is 35.0 Å². The van der Waals surface area contributed by atoms with Gasteiger partial charge in [0.25, 0.3) is 0 Å². The smallest absolute Gasteiger partial charge is 0.339 e. The van der Waals surface area contributed by atoms with Gasteiger partial charge in [-0.15, -0.1) is 0 Å². The molecule has 5 aromatic rings. The largest absolute Gasteiger partial charge is 0.465 e. The fraction of sp³-hybridized carbons (Fsp3) is 0.107. The van der Waals surface area contributed by atoms with Gasteiger partial charge in [-0.05, 0) is 54.4 Å². The third-order valence-electron chi connectivity index (χ3n) is 6.11. The molecule has 0 spiro atoms. The first kappa shape index (κ1) is 22.5. The lowest BCUT2D eigenvalue weighted by Crippen LogP contribution is -2.11. The third kappa shape index (κ3) is 3.96. The fourth-order valence-corrected chi connectivity index (χ4v) is 4.47. The van der Waals surface area contributed by atoms with Crippen LogP contribution in [0.3, 0.4) is 0 Å². The molecule has 0 saturated heterocycles. The zero-order valence-corrected chi connectivity index (χ0v) is 19.9. The molecule has 172 valence electrons. The van der Waals surface area contributed by atoms with Crippen LogP contribution in [0.4, 0.5) is 11.5 Å². The molecule has 0 atom stereocenters. The summed E-state index contributed by atoms with van der Waals surface area (Å²) < 4.78 is 6.96. The molecule has 0 unspecified atom stereocenters. The number of benzene rings is 3. The Morgan fingerprint density at radius 2 is 1.80 bits per heavy atom. The molecule has 0 aliphatic rings. The van der Waals surface area contributed by atoms with Crippen LogP contribution in [-0.2, 0) is 11.2 Å². The van der Waals surface area contributed by atoms with Crippen molar-refractivity contribution in [2.75, 3.05) is 12.4 Å². The van der Waals surface area contributed by atoms with Gasteiger partial charge >= 0.3 is 5.97 Å². The maximum Gasteiger partial charge on any atom is 0.339 e. The number of nitriles is 1. The summed E-state index contributed by atoms with van der Waals surface area (Å²) in [6, 6.07) is 24.9. The maximum atomic E-state index is 12.5. The maximum absolute atomic E-state index is 12.5. The number of fused-ring (bicyclic) bond motifs is 3. The molecule has 0 fully saturated rings. The van der Waals surface area contributed by atoms with Crippen molar-refractivity contribution in [3.63, 3.8) is 0 Å². The first-order valence-corrected chi connectivity index (χ1v) is 11.4. The lowest BCUT2D eigenvalue weighted by molar-refractivity contribution is 0.0602. The standard InChI is InChI=1S/C28H21ClN4O2/c1-17-21(15-18-11-13-19(29)14-12-18)26(31-23-8-4-3-7-20(23)28(34)35-2)33-25-10-6-5-9-24(25)32-27(33)22(17)16-30/h3-14,31H,15H2,1-2H3. The number of nitrogens with one attached hydrogen (secondary N) is 1. The van der Waals surface area contributed by atoms with E-state index in [0.717, 1.165) is 33.5 Å². The molecule has 0 aliphatic heterocycles.